The van der Waals surface area contributed by atoms with E-state index >= 15 is 0 Å². The molecule has 0 amide bonds. The maximum absolute atomic E-state index is 4.75. The Labute approximate surface area is 132 Å². The van der Waals surface area contributed by atoms with Crippen molar-refractivity contribution in [2.24, 2.45) is 0 Å². The van der Waals surface area contributed by atoms with Crippen molar-refractivity contribution in [3.63, 3.8) is 0 Å². The number of rotatable bonds is 5. The summed E-state index contributed by atoms with van der Waals surface area (Å²) in [6.07, 6.45) is 4.32. The third-order valence-electron chi connectivity index (χ3n) is 3.84. The zero-order valence-corrected chi connectivity index (χ0v) is 12.8. The van der Waals surface area contributed by atoms with Gasteiger partial charge in [-0.1, -0.05) is 19.1 Å². The first-order valence-corrected chi connectivity index (χ1v) is 7.69. The second-order valence-corrected chi connectivity index (χ2v) is 5.38. The Morgan fingerprint density at radius 1 is 1.22 bits per heavy atom. The van der Waals surface area contributed by atoms with E-state index in [0.29, 0.717) is 6.54 Å². The summed E-state index contributed by atoms with van der Waals surface area (Å²) in [6.45, 7) is 3.72. The minimum absolute atomic E-state index is 0.603. The molecule has 0 saturated carbocycles. The maximum atomic E-state index is 4.75. The molecule has 7 nitrogen and oxygen atoms in total. The summed E-state index contributed by atoms with van der Waals surface area (Å²) in [5.74, 6) is 1.77. The van der Waals surface area contributed by atoms with Gasteiger partial charge in [-0.3, -0.25) is 5.10 Å². The molecule has 4 rings (SSSR count). The number of nitrogens with one attached hydrogen (secondary N) is 2. The van der Waals surface area contributed by atoms with Gasteiger partial charge in [-0.05, 0) is 18.6 Å². The van der Waals surface area contributed by atoms with E-state index in [9.17, 15) is 0 Å². The quantitative estimate of drug-likeness (QED) is 0.592. The van der Waals surface area contributed by atoms with Crippen LogP contribution in [-0.4, -0.2) is 29.7 Å². The zero-order valence-electron chi connectivity index (χ0n) is 12.8. The predicted molar refractivity (Wildman–Crippen MR) is 89.0 cm³/mol. The van der Waals surface area contributed by atoms with Gasteiger partial charge >= 0.3 is 0 Å². The first kappa shape index (κ1) is 13.7. The van der Waals surface area contributed by atoms with Gasteiger partial charge in [-0.25, -0.2) is 15.0 Å². The summed E-state index contributed by atoms with van der Waals surface area (Å²) in [5.41, 5.74) is 2.92. The Kier molecular flexibility index (Phi) is 3.38. The monoisotopic (exact) mass is 307 g/mol. The van der Waals surface area contributed by atoms with Crippen LogP contribution in [0.3, 0.4) is 0 Å². The normalized spacial score (nSPS) is 11.3. The molecule has 0 aliphatic carbocycles. The molecule has 0 spiro atoms. The van der Waals surface area contributed by atoms with Crippen LogP contribution in [0.25, 0.3) is 22.1 Å². The largest absolute Gasteiger partial charge is 0.362 e. The topological polar surface area (TPSA) is 84.3 Å². The van der Waals surface area contributed by atoms with Crippen LogP contribution >= 0.6 is 0 Å². The smallest absolute Gasteiger partial charge is 0.160 e. The van der Waals surface area contributed by atoms with Crippen LogP contribution in [0.15, 0.2) is 36.8 Å². The van der Waals surface area contributed by atoms with Gasteiger partial charge in [0.25, 0.3) is 0 Å². The lowest BCUT2D eigenvalue weighted by Crippen LogP contribution is -2.09. The molecule has 0 aliphatic rings. The standard InChI is InChI=1S/C16H17N7/c1-2-7-23-13-6-4-3-5-12(13)21-14(23)9-17-15-11-8-20-22-16(11)19-10-18-15/h3-6,8,10H,2,7,9H2,1H3,(H2,17,18,19,20,22). The Morgan fingerprint density at radius 3 is 3.04 bits per heavy atom. The van der Waals surface area contributed by atoms with Crippen molar-refractivity contribution in [1.29, 1.82) is 0 Å². The number of imidazole rings is 1. The van der Waals surface area contributed by atoms with E-state index in [-0.39, 0.29) is 0 Å². The highest BCUT2D eigenvalue weighted by Gasteiger charge is 2.11. The summed E-state index contributed by atoms with van der Waals surface area (Å²) < 4.78 is 2.26. The molecule has 7 heteroatoms. The predicted octanol–water partition coefficient (Wildman–Crippen LogP) is 2.72. The Morgan fingerprint density at radius 2 is 2.13 bits per heavy atom. The van der Waals surface area contributed by atoms with Gasteiger partial charge in [0, 0.05) is 6.54 Å². The van der Waals surface area contributed by atoms with Crippen LogP contribution in [-0.2, 0) is 13.1 Å². The Hall–Kier alpha value is -2.96. The fourth-order valence-corrected chi connectivity index (χ4v) is 2.80. The van der Waals surface area contributed by atoms with E-state index in [1.807, 2.05) is 18.2 Å². The summed E-state index contributed by atoms with van der Waals surface area (Å²) in [5, 5.41) is 11.1. The first-order valence-electron chi connectivity index (χ1n) is 7.69. The van der Waals surface area contributed by atoms with Gasteiger partial charge in [0.2, 0.25) is 0 Å². The number of para-hydroxylation sites is 2. The fourth-order valence-electron chi connectivity index (χ4n) is 2.80. The van der Waals surface area contributed by atoms with Crippen LogP contribution in [0.1, 0.15) is 19.2 Å². The van der Waals surface area contributed by atoms with Crippen LogP contribution in [0.2, 0.25) is 0 Å². The SMILES string of the molecule is CCCn1c(CNc2ncnc3[nH]ncc23)nc2ccccc21. The molecular formula is C16H17N7. The number of aromatic nitrogens is 6. The van der Waals surface area contributed by atoms with Crippen LogP contribution < -0.4 is 5.32 Å². The third kappa shape index (κ3) is 2.40. The van der Waals surface area contributed by atoms with Crippen molar-refractivity contribution in [1.82, 2.24) is 29.7 Å². The van der Waals surface area contributed by atoms with E-state index in [1.165, 1.54) is 11.8 Å². The molecule has 0 unspecified atom stereocenters. The summed E-state index contributed by atoms with van der Waals surface area (Å²) in [7, 11) is 0. The molecule has 0 saturated heterocycles. The third-order valence-corrected chi connectivity index (χ3v) is 3.84. The van der Waals surface area contributed by atoms with Gasteiger partial charge in [0.1, 0.15) is 18.0 Å². The molecule has 23 heavy (non-hydrogen) atoms. The molecule has 0 aliphatic heterocycles. The van der Waals surface area contributed by atoms with Gasteiger partial charge in [-0.15, -0.1) is 0 Å². The summed E-state index contributed by atoms with van der Waals surface area (Å²) >= 11 is 0. The molecule has 0 atom stereocenters. The molecule has 0 fully saturated rings. The molecule has 4 aromatic rings. The molecule has 0 bridgehead atoms. The molecule has 2 N–H and O–H groups in total. The van der Waals surface area contributed by atoms with Crippen LogP contribution in [0, 0.1) is 0 Å². The van der Waals surface area contributed by atoms with E-state index < -0.39 is 0 Å². The molecule has 0 radical (unpaired) electrons. The Balaban J connectivity index is 1.67. The number of anilines is 1. The fraction of sp³-hybridized carbons (Fsp3) is 0.250. The van der Waals surface area contributed by atoms with Gasteiger partial charge in [-0.2, -0.15) is 5.10 Å². The van der Waals surface area contributed by atoms with E-state index in [1.54, 1.807) is 6.20 Å². The maximum Gasteiger partial charge on any atom is 0.160 e. The second kappa shape index (κ2) is 5.68. The van der Waals surface area contributed by atoms with Crippen molar-refractivity contribution in [2.45, 2.75) is 26.4 Å². The zero-order chi connectivity index (χ0) is 15.6. The van der Waals surface area contributed by atoms with Crippen LogP contribution in [0.5, 0.6) is 0 Å². The number of H-pyrrole nitrogens is 1. The van der Waals surface area contributed by atoms with Gasteiger partial charge in [0.15, 0.2) is 5.65 Å². The highest BCUT2D eigenvalue weighted by Crippen LogP contribution is 2.20. The number of aryl methyl sites for hydroxylation is 1. The Bertz CT molecular complexity index is 953. The highest BCUT2D eigenvalue weighted by atomic mass is 15.2. The number of hydrogen-bond donors (Lipinski definition) is 2. The lowest BCUT2D eigenvalue weighted by atomic mass is 10.3. The minimum atomic E-state index is 0.603. The van der Waals surface area contributed by atoms with Crippen molar-refractivity contribution in [2.75, 3.05) is 5.32 Å². The highest BCUT2D eigenvalue weighted by molar-refractivity contribution is 5.85. The van der Waals surface area contributed by atoms with Crippen molar-refractivity contribution >= 4 is 27.9 Å². The molecule has 116 valence electrons. The van der Waals surface area contributed by atoms with Gasteiger partial charge in [0.05, 0.1) is 29.2 Å². The molecule has 1 aromatic carbocycles. The van der Waals surface area contributed by atoms with Gasteiger partial charge < -0.3 is 9.88 Å². The minimum Gasteiger partial charge on any atom is -0.362 e. The van der Waals surface area contributed by atoms with E-state index in [4.69, 9.17) is 4.98 Å². The number of benzene rings is 1. The summed E-state index contributed by atoms with van der Waals surface area (Å²) in [4.78, 5) is 13.2. The number of nitrogens with zero attached hydrogens (tertiary/aromatic N) is 5. The van der Waals surface area contributed by atoms with Crippen molar-refractivity contribution in [3.05, 3.63) is 42.6 Å². The average Bonchev–Trinajstić information content (AvgIpc) is 3.18. The van der Waals surface area contributed by atoms with E-state index in [0.717, 1.165) is 41.2 Å². The number of aromatic amines is 1. The average molecular weight is 307 g/mol. The first-order chi connectivity index (χ1) is 11.4. The molecular weight excluding hydrogens is 290 g/mol. The lowest BCUT2D eigenvalue weighted by molar-refractivity contribution is 0.661. The number of fused-ring (bicyclic) bond motifs is 2. The lowest BCUT2D eigenvalue weighted by Gasteiger charge is -2.09. The molecule has 3 heterocycles. The molecule has 3 aromatic heterocycles. The second-order valence-electron chi connectivity index (χ2n) is 5.38. The van der Waals surface area contributed by atoms with Crippen LogP contribution in [0.4, 0.5) is 5.82 Å². The van der Waals surface area contributed by atoms with E-state index in [2.05, 4.69) is 43.0 Å². The van der Waals surface area contributed by atoms with Crippen molar-refractivity contribution < 1.29 is 0 Å². The number of hydrogen-bond acceptors (Lipinski definition) is 5. The van der Waals surface area contributed by atoms with Crippen molar-refractivity contribution in [3.8, 4) is 0 Å². The summed E-state index contributed by atoms with van der Waals surface area (Å²) in [6, 6.07) is 8.22.